The highest BCUT2D eigenvalue weighted by atomic mass is 16.2. The maximum atomic E-state index is 11.5. The largest absolute Gasteiger partial charge is 0.339 e. The molecule has 0 aliphatic carbocycles. The van der Waals surface area contributed by atoms with Crippen molar-refractivity contribution in [2.45, 2.75) is 19.3 Å². The van der Waals surface area contributed by atoms with E-state index < -0.39 is 0 Å². The van der Waals surface area contributed by atoms with E-state index in [0.717, 1.165) is 32.4 Å². The molecule has 1 aromatic carbocycles. The van der Waals surface area contributed by atoms with Crippen molar-refractivity contribution in [3.05, 3.63) is 42.0 Å². The molecule has 0 saturated carbocycles. The zero-order chi connectivity index (χ0) is 11.2. The number of hydrogen-bond acceptors (Lipinski definition) is 1. The van der Waals surface area contributed by atoms with Crippen molar-refractivity contribution >= 4 is 12.0 Å². The van der Waals surface area contributed by atoms with Crippen LogP contribution in [0, 0.1) is 0 Å². The Morgan fingerprint density at radius 3 is 2.75 bits per heavy atom. The van der Waals surface area contributed by atoms with Gasteiger partial charge in [0.2, 0.25) is 5.91 Å². The molecule has 2 rings (SSSR count). The van der Waals surface area contributed by atoms with Crippen LogP contribution in [0.25, 0.3) is 6.08 Å². The molecule has 16 heavy (non-hydrogen) atoms. The van der Waals surface area contributed by atoms with Gasteiger partial charge in [0.05, 0.1) is 0 Å². The van der Waals surface area contributed by atoms with Crippen LogP contribution in [-0.4, -0.2) is 23.9 Å². The number of rotatable bonds is 3. The molecule has 1 fully saturated rings. The zero-order valence-electron chi connectivity index (χ0n) is 9.43. The van der Waals surface area contributed by atoms with Crippen molar-refractivity contribution in [2.24, 2.45) is 0 Å². The number of amides is 1. The second kappa shape index (κ2) is 5.50. The Labute approximate surface area is 96.6 Å². The van der Waals surface area contributed by atoms with Crippen LogP contribution in [0.1, 0.15) is 24.8 Å². The lowest BCUT2D eigenvalue weighted by atomic mass is 10.1. The number of benzene rings is 1. The highest BCUT2D eigenvalue weighted by Gasteiger charge is 2.15. The molecular weight excluding hydrogens is 198 g/mol. The number of carbonyl (C=O) groups excluding carboxylic acids is 1. The quantitative estimate of drug-likeness (QED) is 0.759. The molecule has 0 spiro atoms. The van der Waals surface area contributed by atoms with Gasteiger partial charge < -0.3 is 4.90 Å². The number of piperidine rings is 1. The fraction of sp³-hybridized carbons (Fsp3) is 0.357. The van der Waals surface area contributed by atoms with Gasteiger partial charge in [0, 0.05) is 19.5 Å². The minimum Gasteiger partial charge on any atom is -0.339 e. The summed E-state index contributed by atoms with van der Waals surface area (Å²) in [5.74, 6) is 0.295. The summed E-state index contributed by atoms with van der Waals surface area (Å²) >= 11 is 0. The number of carbonyl (C=O) groups is 1. The van der Waals surface area contributed by atoms with Crippen molar-refractivity contribution in [3.63, 3.8) is 0 Å². The molecule has 1 aromatic rings. The van der Waals surface area contributed by atoms with E-state index in [2.05, 4.69) is 24.3 Å². The maximum absolute atomic E-state index is 11.5. The highest BCUT2D eigenvalue weighted by Crippen LogP contribution is 2.10. The van der Waals surface area contributed by atoms with Crippen LogP contribution >= 0.6 is 0 Å². The smallest absolute Gasteiger partial charge is 0.222 e. The summed E-state index contributed by atoms with van der Waals surface area (Å²) in [4.78, 5) is 13.5. The summed E-state index contributed by atoms with van der Waals surface area (Å²) in [6.45, 7) is 1.66. The first-order valence-electron chi connectivity index (χ1n) is 5.85. The van der Waals surface area contributed by atoms with E-state index in [4.69, 9.17) is 0 Å². The molecule has 1 aliphatic rings. The zero-order valence-corrected chi connectivity index (χ0v) is 9.43. The molecule has 0 unspecified atom stereocenters. The van der Waals surface area contributed by atoms with Gasteiger partial charge in [-0.2, -0.15) is 0 Å². The summed E-state index contributed by atoms with van der Waals surface area (Å²) in [7, 11) is 0. The van der Waals surface area contributed by atoms with Gasteiger partial charge >= 0.3 is 0 Å². The molecule has 0 aromatic heterocycles. The lowest BCUT2D eigenvalue weighted by Gasteiger charge is -2.25. The van der Waals surface area contributed by atoms with Gasteiger partial charge in [-0.1, -0.05) is 42.5 Å². The Kier molecular flexibility index (Phi) is 3.76. The van der Waals surface area contributed by atoms with E-state index in [-0.39, 0.29) is 0 Å². The molecule has 0 atom stereocenters. The predicted molar refractivity (Wildman–Crippen MR) is 65.9 cm³/mol. The third-order valence-electron chi connectivity index (χ3n) is 2.86. The minimum atomic E-state index is 0.295. The van der Waals surface area contributed by atoms with Gasteiger partial charge in [-0.25, -0.2) is 0 Å². The van der Waals surface area contributed by atoms with Crippen LogP contribution in [0.15, 0.2) is 36.4 Å². The first kappa shape index (κ1) is 10.9. The van der Waals surface area contributed by atoms with Gasteiger partial charge in [0.15, 0.2) is 0 Å². The molecule has 0 radical (unpaired) electrons. The van der Waals surface area contributed by atoms with Crippen molar-refractivity contribution in [3.8, 4) is 0 Å². The Morgan fingerprint density at radius 2 is 2.00 bits per heavy atom. The molecule has 2 nitrogen and oxygen atoms in total. The molecular formula is C14H17NO. The normalized spacial score (nSPS) is 17.0. The Morgan fingerprint density at radius 1 is 1.19 bits per heavy atom. The lowest BCUT2D eigenvalue weighted by molar-refractivity contribution is -0.132. The first-order chi connectivity index (χ1) is 7.86. The summed E-state index contributed by atoms with van der Waals surface area (Å²) in [6.07, 6.45) is 7.06. The summed E-state index contributed by atoms with van der Waals surface area (Å²) in [5, 5.41) is 0. The standard InChI is InChI=1S/C14H17NO/c16-14-10-4-5-11-15(14)12-6-9-13-7-2-1-3-8-13/h1-3,6-9H,4-5,10-12H2. The summed E-state index contributed by atoms with van der Waals surface area (Å²) in [5.41, 5.74) is 1.19. The SMILES string of the molecule is O=C1CCCCN1CC=Cc1ccccc1. The molecule has 1 aliphatic heterocycles. The van der Waals surface area contributed by atoms with Gasteiger partial charge in [0.1, 0.15) is 0 Å². The van der Waals surface area contributed by atoms with E-state index in [0.29, 0.717) is 5.91 Å². The number of likely N-dealkylation sites (tertiary alicyclic amines) is 1. The van der Waals surface area contributed by atoms with Crippen molar-refractivity contribution in [2.75, 3.05) is 13.1 Å². The summed E-state index contributed by atoms with van der Waals surface area (Å²) in [6, 6.07) is 10.2. The second-order valence-corrected chi connectivity index (χ2v) is 4.11. The molecule has 0 N–H and O–H groups in total. The Hall–Kier alpha value is -1.57. The Balaban J connectivity index is 1.87. The topological polar surface area (TPSA) is 20.3 Å². The van der Waals surface area contributed by atoms with E-state index >= 15 is 0 Å². The van der Waals surface area contributed by atoms with Gasteiger partial charge in [-0.3, -0.25) is 4.79 Å². The first-order valence-corrected chi connectivity index (χ1v) is 5.85. The third-order valence-corrected chi connectivity index (χ3v) is 2.86. The Bertz CT molecular complexity index is 370. The molecule has 1 amide bonds. The highest BCUT2D eigenvalue weighted by molar-refractivity contribution is 5.77. The van der Waals surface area contributed by atoms with E-state index in [9.17, 15) is 4.79 Å². The van der Waals surface area contributed by atoms with Crippen LogP contribution in [0.3, 0.4) is 0 Å². The van der Waals surface area contributed by atoms with Gasteiger partial charge in [0.25, 0.3) is 0 Å². The predicted octanol–water partition coefficient (Wildman–Crippen LogP) is 2.71. The second-order valence-electron chi connectivity index (χ2n) is 4.11. The fourth-order valence-electron chi connectivity index (χ4n) is 1.93. The maximum Gasteiger partial charge on any atom is 0.222 e. The van der Waals surface area contributed by atoms with Crippen LogP contribution in [0.5, 0.6) is 0 Å². The van der Waals surface area contributed by atoms with Crippen LogP contribution in [0.2, 0.25) is 0 Å². The molecule has 0 bridgehead atoms. The van der Waals surface area contributed by atoms with Gasteiger partial charge in [-0.05, 0) is 18.4 Å². The molecule has 1 saturated heterocycles. The summed E-state index contributed by atoms with van der Waals surface area (Å²) < 4.78 is 0. The van der Waals surface area contributed by atoms with Crippen molar-refractivity contribution in [1.29, 1.82) is 0 Å². The lowest BCUT2D eigenvalue weighted by Crippen LogP contribution is -2.35. The number of hydrogen-bond donors (Lipinski definition) is 0. The third kappa shape index (κ3) is 2.96. The minimum absolute atomic E-state index is 0.295. The molecule has 1 heterocycles. The monoisotopic (exact) mass is 215 g/mol. The average molecular weight is 215 g/mol. The van der Waals surface area contributed by atoms with Crippen molar-refractivity contribution in [1.82, 2.24) is 4.90 Å². The fourth-order valence-corrected chi connectivity index (χ4v) is 1.93. The van der Waals surface area contributed by atoms with E-state index in [1.807, 2.05) is 23.1 Å². The van der Waals surface area contributed by atoms with Gasteiger partial charge in [-0.15, -0.1) is 0 Å². The number of nitrogens with zero attached hydrogens (tertiary/aromatic N) is 1. The van der Waals surface area contributed by atoms with E-state index in [1.54, 1.807) is 0 Å². The average Bonchev–Trinajstić information content (AvgIpc) is 2.33. The molecule has 2 heteroatoms. The van der Waals surface area contributed by atoms with Crippen molar-refractivity contribution < 1.29 is 4.79 Å². The van der Waals surface area contributed by atoms with Crippen LogP contribution in [0.4, 0.5) is 0 Å². The van der Waals surface area contributed by atoms with Crippen LogP contribution in [-0.2, 0) is 4.79 Å². The molecule has 84 valence electrons. The van der Waals surface area contributed by atoms with Crippen LogP contribution < -0.4 is 0 Å². The van der Waals surface area contributed by atoms with E-state index in [1.165, 1.54) is 5.56 Å².